The second kappa shape index (κ2) is 5.84. The fraction of sp³-hybridized carbons (Fsp3) is 0.333. The van der Waals surface area contributed by atoms with Gasteiger partial charge in [0.05, 0.1) is 6.54 Å². The van der Waals surface area contributed by atoms with Crippen LogP contribution in [0.5, 0.6) is 0 Å². The molecule has 1 aliphatic rings. The smallest absolute Gasteiger partial charge is 0.261 e. The molecule has 1 amide bonds. The van der Waals surface area contributed by atoms with Gasteiger partial charge in [-0.3, -0.25) is 9.59 Å². The number of benzene rings is 1. The minimum absolute atomic E-state index is 0.163. The maximum Gasteiger partial charge on any atom is 0.261 e. The summed E-state index contributed by atoms with van der Waals surface area (Å²) < 4.78 is 2.07. The van der Waals surface area contributed by atoms with Gasteiger partial charge in [-0.2, -0.15) is 0 Å². The molecule has 2 aromatic heterocycles. The molecule has 0 saturated heterocycles. The zero-order chi connectivity index (χ0) is 17.6. The van der Waals surface area contributed by atoms with Crippen LogP contribution >= 0.6 is 0 Å². The minimum atomic E-state index is -0.362. The fourth-order valence-corrected chi connectivity index (χ4v) is 3.26. The van der Waals surface area contributed by atoms with E-state index in [9.17, 15) is 9.59 Å². The third-order valence-corrected chi connectivity index (χ3v) is 4.57. The van der Waals surface area contributed by atoms with Gasteiger partial charge in [-0.25, -0.2) is 0 Å². The van der Waals surface area contributed by atoms with Gasteiger partial charge >= 0.3 is 0 Å². The van der Waals surface area contributed by atoms with Crippen molar-refractivity contribution >= 4 is 16.8 Å². The van der Waals surface area contributed by atoms with Crippen molar-refractivity contribution in [1.29, 1.82) is 0 Å². The Labute approximate surface area is 144 Å². The van der Waals surface area contributed by atoms with Crippen molar-refractivity contribution in [3.8, 4) is 0 Å². The van der Waals surface area contributed by atoms with Crippen molar-refractivity contribution < 1.29 is 4.79 Å². The van der Waals surface area contributed by atoms with Gasteiger partial charge in [0.15, 0.2) is 5.82 Å². The molecule has 1 aromatic carbocycles. The molecule has 0 spiro atoms. The zero-order valence-corrected chi connectivity index (χ0v) is 14.2. The predicted octanol–water partition coefficient (Wildman–Crippen LogP) is 1.90. The maximum absolute atomic E-state index is 12.9. The number of hydrogen-bond donors (Lipinski definition) is 1. The molecule has 0 unspecified atom stereocenters. The lowest BCUT2D eigenvalue weighted by Gasteiger charge is -2.28. The summed E-state index contributed by atoms with van der Waals surface area (Å²) in [4.78, 5) is 29.6. The van der Waals surface area contributed by atoms with Crippen molar-refractivity contribution in [2.24, 2.45) is 0 Å². The first-order chi connectivity index (χ1) is 12.0. The quantitative estimate of drug-likeness (QED) is 0.774. The topological polar surface area (TPSA) is 83.9 Å². The highest BCUT2D eigenvalue weighted by Gasteiger charge is 2.27. The van der Waals surface area contributed by atoms with Gasteiger partial charge in [-0.05, 0) is 17.5 Å². The molecule has 0 fully saturated rings. The van der Waals surface area contributed by atoms with Crippen molar-refractivity contribution in [2.45, 2.75) is 32.9 Å². The third-order valence-electron chi connectivity index (χ3n) is 4.57. The van der Waals surface area contributed by atoms with Gasteiger partial charge < -0.3 is 14.5 Å². The van der Waals surface area contributed by atoms with Crippen molar-refractivity contribution in [3.63, 3.8) is 0 Å². The molecule has 25 heavy (non-hydrogen) atoms. The lowest BCUT2D eigenvalue weighted by atomic mass is 10.1. The summed E-state index contributed by atoms with van der Waals surface area (Å²) in [7, 11) is 0. The van der Waals surface area contributed by atoms with E-state index in [1.807, 2.05) is 24.3 Å². The number of aromatic nitrogens is 4. The lowest BCUT2D eigenvalue weighted by molar-refractivity contribution is 0.0704. The molecular weight excluding hydrogens is 318 g/mol. The standard InChI is InChI=1S/C18H19N5O2/c1-11(2)16-21-20-15-10-22(7-8-23(15)16)18(25)13-9-12-5-3-4-6-14(12)19-17(13)24/h3-6,9,11H,7-8,10H2,1-2H3,(H,19,24). The summed E-state index contributed by atoms with van der Waals surface area (Å²) in [6, 6.07) is 9.09. The average Bonchev–Trinajstić information content (AvgIpc) is 3.04. The van der Waals surface area contributed by atoms with Crippen LogP contribution < -0.4 is 5.56 Å². The van der Waals surface area contributed by atoms with Crippen LogP contribution in [0.3, 0.4) is 0 Å². The summed E-state index contributed by atoms with van der Waals surface area (Å²) in [6.07, 6.45) is 0. The van der Waals surface area contributed by atoms with Crippen LogP contribution in [0.25, 0.3) is 10.9 Å². The van der Waals surface area contributed by atoms with E-state index in [0.717, 1.165) is 22.6 Å². The molecule has 1 aliphatic heterocycles. The van der Waals surface area contributed by atoms with Crippen molar-refractivity contribution in [1.82, 2.24) is 24.6 Å². The molecule has 0 saturated carbocycles. The number of rotatable bonds is 2. The Morgan fingerprint density at radius 2 is 2.00 bits per heavy atom. The second-order valence-electron chi connectivity index (χ2n) is 6.61. The number of fused-ring (bicyclic) bond motifs is 2. The van der Waals surface area contributed by atoms with Crippen LogP contribution in [0.15, 0.2) is 35.1 Å². The number of nitrogens with one attached hydrogen (secondary N) is 1. The number of pyridine rings is 1. The summed E-state index contributed by atoms with van der Waals surface area (Å²) in [5, 5.41) is 9.28. The van der Waals surface area contributed by atoms with Crippen LogP contribution in [-0.2, 0) is 13.1 Å². The maximum atomic E-state index is 12.9. The van der Waals surface area contributed by atoms with Gasteiger partial charge in [0.25, 0.3) is 11.5 Å². The van der Waals surface area contributed by atoms with Crippen LogP contribution in [0.1, 0.15) is 41.8 Å². The van der Waals surface area contributed by atoms with E-state index in [1.165, 1.54) is 0 Å². The first-order valence-corrected chi connectivity index (χ1v) is 8.38. The largest absolute Gasteiger partial charge is 0.329 e. The number of para-hydroxylation sites is 1. The first kappa shape index (κ1) is 15.6. The van der Waals surface area contributed by atoms with Gasteiger partial charge in [-0.15, -0.1) is 10.2 Å². The van der Waals surface area contributed by atoms with E-state index in [4.69, 9.17) is 0 Å². The van der Waals surface area contributed by atoms with Gasteiger partial charge in [0.2, 0.25) is 0 Å². The highest BCUT2D eigenvalue weighted by atomic mass is 16.2. The Kier molecular flexibility index (Phi) is 3.63. The van der Waals surface area contributed by atoms with Gasteiger partial charge in [-0.1, -0.05) is 32.0 Å². The number of aromatic amines is 1. The predicted molar refractivity (Wildman–Crippen MR) is 93.4 cm³/mol. The molecule has 7 heteroatoms. The van der Waals surface area contributed by atoms with E-state index >= 15 is 0 Å². The average molecular weight is 337 g/mol. The SMILES string of the molecule is CC(C)c1nnc2n1CCN(C(=O)c1cc3ccccc3[nH]c1=O)C2. The summed E-state index contributed by atoms with van der Waals surface area (Å²) in [6.45, 7) is 5.70. The molecule has 7 nitrogen and oxygen atoms in total. The number of amides is 1. The molecule has 4 rings (SSSR count). The van der Waals surface area contributed by atoms with E-state index in [-0.39, 0.29) is 22.9 Å². The molecule has 0 atom stereocenters. The molecule has 0 radical (unpaired) electrons. The minimum Gasteiger partial charge on any atom is -0.329 e. The first-order valence-electron chi connectivity index (χ1n) is 8.38. The monoisotopic (exact) mass is 337 g/mol. The molecule has 128 valence electrons. The molecule has 0 bridgehead atoms. The van der Waals surface area contributed by atoms with Crippen LogP contribution in [0.4, 0.5) is 0 Å². The Morgan fingerprint density at radius 3 is 2.80 bits per heavy atom. The highest BCUT2D eigenvalue weighted by molar-refractivity contribution is 5.97. The Morgan fingerprint density at radius 1 is 1.20 bits per heavy atom. The van der Waals surface area contributed by atoms with E-state index in [1.54, 1.807) is 11.0 Å². The Balaban J connectivity index is 1.66. The van der Waals surface area contributed by atoms with E-state index in [2.05, 4.69) is 33.6 Å². The number of carbonyl (C=O) groups is 1. The Bertz CT molecular complexity index is 1020. The van der Waals surface area contributed by atoms with Crippen molar-refractivity contribution in [3.05, 3.63) is 57.9 Å². The summed E-state index contributed by atoms with van der Waals surface area (Å²) >= 11 is 0. The zero-order valence-electron chi connectivity index (χ0n) is 14.2. The van der Waals surface area contributed by atoms with E-state index < -0.39 is 0 Å². The normalized spacial score (nSPS) is 14.1. The lowest BCUT2D eigenvalue weighted by Crippen LogP contribution is -2.40. The van der Waals surface area contributed by atoms with E-state index in [0.29, 0.717) is 19.6 Å². The number of carbonyl (C=O) groups excluding carboxylic acids is 1. The summed E-state index contributed by atoms with van der Waals surface area (Å²) in [5.74, 6) is 1.71. The van der Waals surface area contributed by atoms with Crippen molar-refractivity contribution in [2.75, 3.05) is 6.54 Å². The molecule has 3 heterocycles. The molecule has 3 aromatic rings. The van der Waals surface area contributed by atoms with Crippen LogP contribution in [-0.4, -0.2) is 37.1 Å². The Hall–Kier alpha value is -2.96. The second-order valence-corrected chi connectivity index (χ2v) is 6.61. The summed E-state index contributed by atoms with van der Waals surface area (Å²) in [5.41, 5.74) is 0.526. The highest BCUT2D eigenvalue weighted by Crippen LogP contribution is 2.19. The van der Waals surface area contributed by atoms with Crippen LogP contribution in [0, 0.1) is 0 Å². The van der Waals surface area contributed by atoms with Gasteiger partial charge in [0, 0.05) is 24.5 Å². The number of hydrogen-bond acceptors (Lipinski definition) is 4. The third kappa shape index (κ3) is 2.61. The number of nitrogens with zero attached hydrogens (tertiary/aromatic N) is 4. The van der Waals surface area contributed by atoms with Crippen LogP contribution in [0.2, 0.25) is 0 Å². The number of H-pyrrole nitrogens is 1. The van der Waals surface area contributed by atoms with Gasteiger partial charge in [0.1, 0.15) is 11.4 Å². The molecular formula is C18H19N5O2. The molecule has 1 N–H and O–H groups in total. The fourth-order valence-electron chi connectivity index (χ4n) is 3.26. The molecule has 0 aliphatic carbocycles.